The first-order valence-electron chi connectivity index (χ1n) is 8.74. The average Bonchev–Trinajstić information content (AvgIpc) is 3.30. The molecule has 2 aromatic heterocycles. The Morgan fingerprint density at radius 3 is 2.48 bits per heavy atom. The third-order valence-electron chi connectivity index (χ3n) is 4.66. The number of rotatable bonds is 2. The molecule has 0 spiro atoms. The highest BCUT2D eigenvalue weighted by Gasteiger charge is 2.34. The molecule has 1 aliphatic rings. The minimum absolute atomic E-state index is 0.138. The molecule has 3 heterocycles. The maximum atomic E-state index is 13.0. The number of aromatic nitrogens is 3. The van der Waals surface area contributed by atoms with Crippen LogP contribution < -0.4 is 0 Å². The molecule has 3 aromatic rings. The van der Waals surface area contributed by atoms with Crippen LogP contribution in [0.2, 0.25) is 10.0 Å². The number of benzene rings is 1. The minimum Gasteiger partial charge on any atom is -0.328 e. The lowest BCUT2D eigenvalue weighted by atomic mass is 10.1. The van der Waals surface area contributed by atoms with E-state index in [0.717, 1.165) is 17.1 Å². The van der Waals surface area contributed by atoms with Gasteiger partial charge in [-0.3, -0.25) is 4.79 Å². The summed E-state index contributed by atoms with van der Waals surface area (Å²) in [5.74, 6) is 0.858. The van der Waals surface area contributed by atoms with Crippen molar-refractivity contribution in [3.63, 3.8) is 0 Å². The summed E-state index contributed by atoms with van der Waals surface area (Å²) in [6.45, 7) is 7.31. The zero-order chi connectivity index (χ0) is 19.3. The molecule has 4 rings (SSSR count). The predicted octanol–water partition coefficient (Wildman–Crippen LogP) is 4.89. The summed E-state index contributed by atoms with van der Waals surface area (Å²) < 4.78 is 4.09. The molecular weight excluding hydrogens is 383 g/mol. The van der Waals surface area contributed by atoms with Gasteiger partial charge in [0, 0.05) is 23.0 Å². The molecule has 140 valence electrons. The molecule has 0 atom stereocenters. The quantitative estimate of drug-likeness (QED) is 0.612. The van der Waals surface area contributed by atoms with Crippen molar-refractivity contribution >= 4 is 29.1 Å². The van der Waals surface area contributed by atoms with Gasteiger partial charge in [0.05, 0.1) is 34.9 Å². The van der Waals surface area contributed by atoms with Gasteiger partial charge in [-0.15, -0.1) is 0 Å². The van der Waals surface area contributed by atoms with Crippen LogP contribution in [0, 0.1) is 0 Å². The van der Waals surface area contributed by atoms with Crippen LogP contribution in [0.1, 0.15) is 42.4 Å². The normalized spacial score (nSPS) is 13.9. The van der Waals surface area contributed by atoms with Gasteiger partial charge in [-0.05, 0) is 51.1 Å². The van der Waals surface area contributed by atoms with Gasteiger partial charge in [0.1, 0.15) is 5.82 Å². The van der Waals surface area contributed by atoms with E-state index in [1.807, 2.05) is 29.2 Å². The smallest absolute Gasteiger partial charge is 0.256 e. The average molecular weight is 403 g/mol. The Morgan fingerprint density at radius 1 is 1.11 bits per heavy atom. The summed E-state index contributed by atoms with van der Waals surface area (Å²) >= 11 is 12.3. The van der Waals surface area contributed by atoms with Crippen LogP contribution in [0.25, 0.3) is 5.82 Å². The van der Waals surface area contributed by atoms with Crippen LogP contribution in [0.3, 0.4) is 0 Å². The summed E-state index contributed by atoms with van der Waals surface area (Å²) in [6, 6.07) is 8.91. The third-order valence-corrected chi connectivity index (χ3v) is 5.22. The molecular formula is C20H20Cl2N4O. The molecule has 0 saturated carbocycles. The molecule has 1 amide bonds. The number of amides is 1. The molecule has 0 bridgehead atoms. The van der Waals surface area contributed by atoms with E-state index in [9.17, 15) is 4.79 Å². The summed E-state index contributed by atoms with van der Waals surface area (Å²) in [5, 5.41) is 5.72. The standard InChI is InChI=1S/C20H20Cl2N4O/c1-20(2,3)26-18(24-8-4-5-9-24)15-11-25(12-17(15)23-26)19(27)14-10-13(21)6-7-16(14)22/h4-10H,11-12H2,1-3H3. The second kappa shape index (κ2) is 6.43. The Labute approximate surface area is 168 Å². The zero-order valence-corrected chi connectivity index (χ0v) is 16.9. The number of nitrogens with zero attached hydrogens (tertiary/aromatic N) is 4. The van der Waals surface area contributed by atoms with Crippen LogP contribution in [0.4, 0.5) is 0 Å². The van der Waals surface area contributed by atoms with Gasteiger partial charge in [-0.25, -0.2) is 4.68 Å². The summed E-state index contributed by atoms with van der Waals surface area (Å²) in [4.78, 5) is 14.8. The van der Waals surface area contributed by atoms with Crippen LogP contribution in [0.15, 0.2) is 42.7 Å². The molecule has 0 unspecified atom stereocenters. The lowest BCUT2D eigenvalue weighted by Gasteiger charge is -2.24. The second-order valence-corrected chi connectivity index (χ2v) is 8.55. The highest BCUT2D eigenvalue weighted by molar-refractivity contribution is 6.35. The van der Waals surface area contributed by atoms with Gasteiger partial charge in [-0.1, -0.05) is 23.2 Å². The first-order valence-corrected chi connectivity index (χ1v) is 9.50. The van der Waals surface area contributed by atoms with Gasteiger partial charge in [0.15, 0.2) is 0 Å². The Bertz CT molecular complexity index is 1020. The van der Waals surface area contributed by atoms with Crippen molar-refractivity contribution in [3.8, 4) is 5.82 Å². The molecule has 1 aliphatic heterocycles. The molecule has 7 heteroatoms. The van der Waals surface area contributed by atoms with Crippen molar-refractivity contribution in [2.75, 3.05) is 0 Å². The van der Waals surface area contributed by atoms with E-state index in [0.29, 0.717) is 28.7 Å². The van der Waals surface area contributed by atoms with Crippen LogP contribution in [-0.2, 0) is 18.6 Å². The molecule has 0 aliphatic carbocycles. The lowest BCUT2D eigenvalue weighted by molar-refractivity contribution is 0.0748. The number of carbonyl (C=O) groups excluding carboxylic acids is 1. The minimum atomic E-state index is -0.172. The van der Waals surface area contributed by atoms with Crippen molar-refractivity contribution in [3.05, 3.63) is 69.6 Å². The SMILES string of the molecule is CC(C)(C)n1nc2c(c1-n1cccc1)CN(C(=O)c1cc(Cl)ccc1Cl)C2. The van der Waals surface area contributed by atoms with Crippen molar-refractivity contribution in [2.45, 2.75) is 39.4 Å². The Kier molecular flexibility index (Phi) is 4.32. The van der Waals surface area contributed by atoms with E-state index in [2.05, 4.69) is 25.3 Å². The van der Waals surface area contributed by atoms with Crippen LogP contribution in [0.5, 0.6) is 0 Å². The monoisotopic (exact) mass is 402 g/mol. The van der Waals surface area contributed by atoms with Crippen molar-refractivity contribution in [1.82, 2.24) is 19.2 Å². The Balaban J connectivity index is 1.72. The van der Waals surface area contributed by atoms with E-state index >= 15 is 0 Å². The third kappa shape index (κ3) is 3.15. The van der Waals surface area contributed by atoms with Gasteiger partial charge in [0.25, 0.3) is 5.91 Å². The zero-order valence-electron chi connectivity index (χ0n) is 15.4. The molecule has 5 nitrogen and oxygen atoms in total. The first kappa shape index (κ1) is 18.1. The lowest BCUT2D eigenvalue weighted by Crippen LogP contribution is -2.29. The van der Waals surface area contributed by atoms with E-state index in [1.54, 1.807) is 23.1 Å². The number of fused-ring (bicyclic) bond motifs is 1. The Hall–Kier alpha value is -2.24. The Morgan fingerprint density at radius 2 is 1.81 bits per heavy atom. The second-order valence-electron chi connectivity index (χ2n) is 7.71. The number of hydrogen-bond donors (Lipinski definition) is 0. The predicted molar refractivity (Wildman–Crippen MR) is 107 cm³/mol. The molecule has 0 saturated heterocycles. The largest absolute Gasteiger partial charge is 0.328 e. The van der Waals surface area contributed by atoms with Crippen molar-refractivity contribution < 1.29 is 4.79 Å². The number of carbonyl (C=O) groups is 1. The van der Waals surface area contributed by atoms with Crippen molar-refractivity contribution in [2.24, 2.45) is 0 Å². The van der Waals surface area contributed by atoms with Crippen LogP contribution >= 0.6 is 23.2 Å². The van der Waals surface area contributed by atoms with Gasteiger partial charge < -0.3 is 9.47 Å². The van der Waals surface area contributed by atoms with E-state index in [4.69, 9.17) is 28.3 Å². The summed E-state index contributed by atoms with van der Waals surface area (Å²) in [7, 11) is 0. The fourth-order valence-corrected chi connectivity index (χ4v) is 3.76. The molecule has 27 heavy (non-hydrogen) atoms. The highest BCUT2D eigenvalue weighted by Crippen LogP contribution is 2.33. The van der Waals surface area contributed by atoms with E-state index in [1.165, 1.54) is 0 Å². The number of halogens is 2. The number of hydrogen-bond acceptors (Lipinski definition) is 2. The van der Waals surface area contributed by atoms with Gasteiger partial charge in [-0.2, -0.15) is 5.10 Å². The fourth-order valence-electron chi connectivity index (χ4n) is 3.39. The molecule has 0 N–H and O–H groups in total. The maximum Gasteiger partial charge on any atom is 0.256 e. The van der Waals surface area contributed by atoms with E-state index in [-0.39, 0.29) is 11.4 Å². The molecule has 1 aromatic carbocycles. The topological polar surface area (TPSA) is 43.1 Å². The van der Waals surface area contributed by atoms with Crippen molar-refractivity contribution in [1.29, 1.82) is 0 Å². The van der Waals surface area contributed by atoms with Crippen LogP contribution in [-0.4, -0.2) is 25.2 Å². The fraction of sp³-hybridized carbons (Fsp3) is 0.300. The maximum absolute atomic E-state index is 13.0. The summed E-state index contributed by atoms with van der Waals surface area (Å²) in [5.41, 5.74) is 2.22. The van der Waals surface area contributed by atoms with E-state index < -0.39 is 0 Å². The molecule has 0 fully saturated rings. The van der Waals surface area contributed by atoms with Gasteiger partial charge in [0.2, 0.25) is 0 Å². The summed E-state index contributed by atoms with van der Waals surface area (Å²) in [6.07, 6.45) is 4.00. The first-order chi connectivity index (χ1) is 12.8. The highest BCUT2D eigenvalue weighted by atomic mass is 35.5. The molecule has 0 radical (unpaired) electrons. The van der Waals surface area contributed by atoms with Gasteiger partial charge >= 0.3 is 0 Å².